The van der Waals surface area contributed by atoms with Crippen LogP contribution in [-0.4, -0.2) is 18.5 Å². The van der Waals surface area contributed by atoms with E-state index in [1.807, 2.05) is 6.92 Å². The highest BCUT2D eigenvalue weighted by molar-refractivity contribution is 5.81. The van der Waals surface area contributed by atoms with Crippen molar-refractivity contribution in [2.75, 3.05) is 6.54 Å². The molecular formula is C11H22N2O. The molecule has 1 fully saturated rings. The van der Waals surface area contributed by atoms with Gasteiger partial charge in [-0.1, -0.05) is 27.2 Å². The molecule has 0 aromatic heterocycles. The van der Waals surface area contributed by atoms with Crippen LogP contribution in [0.15, 0.2) is 0 Å². The lowest BCUT2D eigenvalue weighted by Gasteiger charge is -2.17. The fourth-order valence-electron chi connectivity index (χ4n) is 1.55. The van der Waals surface area contributed by atoms with E-state index in [0.29, 0.717) is 5.92 Å². The number of nitrogens with two attached hydrogens (primary N) is 1. The van der Waals surface area contributed by atoms with Crippen LogP contribution in [0.3, 0.4) is 0 Å². The Bertz CT molecular complexity index is 205. The van der Waals surface area contributed by atoms with Gasteiger partial charge in [0.25, 0.3) is 0 Å². The molecule has 0 spiro atoms. The molecule has 3 nitrogen and oxygen atoms in total. The molecule has 4 atom stereocenters. The van der Waals surface area contributed by atoms with Gasteiger partial charge in [-0.25, -0.2) is 0 Å². The first-order valence-corrected chi connectivity index (χ1v) is 5.59. The predicted molar refractivity (Wildman–Crippen MR) is 57.7 cm³/mol. The molecule has 0 aromatic carbocycles. The highest BCUT2D eigenvalue weighted by atomic mass is 16.2. The van der Waals surface area contributed by atoms with Crippen molar-refractivity contribution in [3.63, 3.8) is 0 Å². The van der Waals surface area contributed by atoms with Crippen LogP contribution in [0, 0.1) is 17.8 Å². The van der Waals surface area contributed by atoms with Crippen LogP contribution in [0.5, 0.6) is 0 Å². The number of carbonyl (C=O) groups is 1. The van der Waals surface area contributed by atoms with Crippen molar-refractivity contribution >= 4 is 5.91 Å². The van der Waals surface area contributed by atoms with Gasteiger partial charge >= 0.3 is 0 Å². The number of rotatable bonds is 5. The predicted octanol–water partition coefficient (Wildman–Crippen LogP) is 1.13. The first kappa shape index (κ1) is 11.5. The largest absolute Gasteiger partial charge is 0.354 e. The van der Waals surface area contributed by atoms with E-state index in [9.17, 15) is 4.79 Å². The Hall–Kier alpha value is -0.570. The van der Waals surface area contributed by atoms with Crippen LogP contribution < -0.4 is 11.1 Å². The zero-order valence-corrected chi connectivity index (χ0v) is 9.42. The Kier molecular flexibility index (Phi) is 3.93. The van der Waals surface area contributed by atoms with E-state index in [2.05, 4.69) is 19.2 Å². The molecule has 1 aliphatic rings. The molecular weight excluding hydrogens is 176 g/mol. The van der Waals surface area contributed by atoms with Crippen LogP contribution >= 0.6 is 0 Å². The van der Waals surface area contributed by atoms with Crippen molar-refractivity contribution in [1.82, 2.24) is 5.32 Å². The molecule has 1 aliphatic carbocycles. The molecule has 1 amide bonds. The Morgan fingerprint density at radius 2 is 2.21 bits per heavy atom. The summed E-state index contributed by atoms with van der Waals surface area (Å²) in [6.07, 6.45) is 2.20. The van der Waals surface area contributed by atoms with Gasteiger partial charge < -0.3 is 11.1 Å². The van der Waals surface area contributed by atoms with Crippen molar-refractivity contribution in [2.24, 2.45) is 23.5 Å². The number of amides is 1. The maximum absolute atomic E-state index is 11.5. The van der Waals surface area contributed by atoms with E-state index < -0.39 is 0 Å². The van der Waals surface area contributed by atoms with E-state index in [1.54, 1.807) is 0 Å². The topological polar surface area (TPSA) is 55.1 Å². The smallest absolute Gasteiger partial charge is 0.237 e. The second-order valence-corrected chi connectivity index (χ2v) is 4.63. The summed E-state index contributed by atoms with van der Waals surface area (Å²) in [4.78, 5) is 11.5. The average Bonchev–Trinajstić information content (AvgIpc) is 2.88. The summed E-state index contributed by atoms with van der Waals surface area (Å²) in [5, 5.41) is 2.93. The minimum Gasteiger partial charge on any atom is -0.354 e. The first-order valence-electron chi connectivity index (χ1n) is 5.59. The summed E-state index contributed by atoms with van der Waals surface area (Å²) in [5.74, 6) is 1.77. The maximum atomic E-state index is 11.5. The molecule has 82 valence electrons. The quantitative estimate of drug-likeness (QED) is 0.696. The third kappa shape index (κ3) is 2.98. The summed E-state index contributed by atoms with van der Waals surface area (Å²) in [6.45, 7) is 7.10. The number of nitrogens with one attached hydrogen (secondary N) is 1. The monoisotopic (exact) mass is 198 g/mol. The normalized spacial score (nSPS) is 29.4. The standard InChI is InChI=1S/C11H22N2O/c1-4-7(2)10(12)11(14)13-6-9-5-8(9)3/h7-10H,4-6,12H2,1-3H3,(H,13,14). The minimum atomic E-state index is -0.339. The van der Waals surface area contributed by atoms with Crippen molar-refractivity contribution in [3.8, 4) is 0 Å². The van der Waals surface area contributed by atoms with E-state index in [4.69, 9.17) is 5.73 Å². The van der Waals surface area contributed by atoms with Crippen LogP contribution in [0.4, 0.5) is 0 Å². The number of carbonyl (C=O) groups excluding carboxylic acids is 1. The van der Waals surface area contributed by atoms with E-state index in [-0.39, 0.29) is 17.9 Å². The molecule has 0 saturated heterocycles. The second kappa shape index (κ2) is 4.78. The summed E-state index contributed by atoms with van der Waals surface area (Å²) < 4.78 is 0. The lowest BCUT2D eigenvalue weighted by Crippen LogP contribution is -2.45. The van der Waals surface area contributed by atoms with Crippen LogP contribution in [0.25, 0.3) is 0 Å². The molecule has 0 heterocycles. The highest BCUT2D eigenvalue weighted by Gasteiger charge is 2.33. The number of hydrogen-bond donors (Lipinski definition) is 2. The van der Waals surface area contributed by atoms with E-state index >= 15 is 0 Å². The molecule has 1 saturated carbocycles. The molecule has 0 aromatic rings. The van der Waals surface area contributed by atoms with Gasteiger partial charge in [-0.05, 0) is 24.2 Å². The molecule has 0 radical (unpaired) electrons. The molecule has 0 bridgehead atoms. The Morgan fingerprint density at radius 1 is 1.64 bits per heavy atom. The van der Waals surface area contributed by atoms with Gasteiger partial charge in [0.2, 0.25) is 5.91 Å². The third-order valence-electron chi connectivity index (χ3n) is 3.37. The van der Waals surface area contributed by atoms with E-state index in [1.165, 1.54) is 6.42 Å². The van der Waals surface area contributed by atoms with Gasteiger partial charge in [-0.2, -0.15) is 0 Å². The summed E-state index contributed by atoms with van der Waals surface area (Å²) in [6, 6.07) is -0.339. The van der Waals surface area contributed by atoms with E-state index in [0.717, 1.165) is 18.9 Å². The summed E-state index contributed by atoms with van der Waals surface area (Å²) in [5.41, 5.74) is 5.80. The summed E-state index contributed by atoms with van der Waals surface area (Å²) in [7, 11) is 0. The first-order chi connectivity index (χ1) is 6.56. The molecule has 14 heavy (non-hydrogen) atoms. The second-order valence-electron chi connectivity index (χ2n) is 4.63. The Morgan fingerprint density at radius 3 is 2.64 bits per heavy atom. The maximum Gasteiger partial charge on any atom is 0.237 e. The van der Waals surface area contributed by atoms with Gasteiger partial charge in [0.15, 0.2) is 0 Å². The zero-order chi connectivity index (χ0) is 10.7. The molecule has 3 N–H and O–H groups in total. The van der Waals surface area contributed by atoms with Gasteiger partial charge in [-0.15, -0.1) is 0 Å². The lowest BCUT2D eigenvalue weighted by molar-refractivity contribution is -0.123. The summed E-state index contributed by atoms with van der Waals surface area (Å²) >= 11 is 0. The Labute approximate surface area is 86.4 Å². The fraction of sp³-hybridized carbons (Fsp3) is 0.909. The minimum absolute atomic E-state index is 0.0125. The SMILES string of the molecule is CCC(C)C(N)C(=O)NCC1CC1C. The van der Waals surface area contributed by atoms with Gasteiger partial charge in [0, 0.05) is 6.54 Å². The highest BCUT2D eigenvalue weighted by Crippen LogP contribution is 2.36. The zero-order valence-electron chi connectivity index (χ0n) is 9.42. The number of hydrogen-bond acceptors (Lipinski definition) is 2. The molecule has 0 aliphatic heterocycles. The lowest BCUT2D eigenvalue weighted by atomic mass is 9.99. The van der Waals surface area contributed by atoms with Crippen LogP contribution in [0.2, 0.25) is 0 Å². The average molecular weight is 198 g/mol. The van der Waals surface area contributed by atoms with Crippen molar-refractivity contribution < 1.29 is 4.79 Å². The van der Waals surface area contributed by atoms with Gasteiger partial charge in [0.1, 0.15) is 0 Å². The Balaban J connectivity index is 2.20. The van der Waals surface area contributed by atoms with Crippen LogP contribution in [0.1, 0.15) is 33.6 Å². The van der Waals surface area contributed by atoms with Crippen molar-refractivity contribution in [1.29, 1.82) is 0 Å². The van der Waals surface area contributed by atoms with Crippen molar-refractivity contribution in [3.05, 3.63) is 0 Å². The third-order valence-corrected chi connectivity index (χ3v) is 3.37. The van der Waals surface area contributed by atoms with Crippen LogP contribution in [-0.2, 0) is 4.79 Å². The fourth-order valence-corrected chi connectivity index (χ4v) is 1.55. The van der Waals surface area contributed by atoms with Gasteiger partial charge in [-0.3, -0.25) is 4.79 Å². The molecule has 1 rings (SSSR count). The van der Waals surface area contributed by atoms with Gasteiger partial charge in [0.05, 0.1) is 6.04 Å². The van der Waals surface area contributed by atoms with Crippen molar-refractivity contribution in [2.45, 2.75) is 39.7 Å². The molecule has 3 heteroatoms. The molecule has 4 unspecified atom stereocenters.